The van der Waals surface area contributed by atoms with Crippen molar-refractivity contribution in [3.63, 3.8) is 0 Å². The minimum absolute atomic E-state index is 0.706. The maximum Gasteiger partial charge on any atom is 0.0320 e. The van der Waals surface area contributed by atoms with Crippen LogP contribution in [0, 0.1) is 0 Å². The second-order valence-electron chi connectivity index (χ2n) is 5.01. The van der Waals surface area contributed by atoms with Crippen LogP contribution in [-0.4, -0.2) is 31.1 Å². The molecule has 0 saturated carbocycles. The van der Waals surface area contributed by atoms with Crippen LogP contribution in [0.2, 0.25) is 0 Å². The molecule has 1 unspecified atom stereocenters. The lowest BCUT2D eigenvalue weighted by Gasteiger charge is -2.32. The summed E-state index contributed by atoms with van der Waals surface area (Å²) < 4.78 is 2.23. The van der Waals surface area contributed by atoms with Gasteiger partial charge in [-0.15, -0.1) is 0 Å². The van der Waals surface area contributed by atoms with Crippen molar-refractivity contribution in [3.05, 3.63) is 32.7 Å². The van der Waals surface area contributed by atoms with Gasteiger partial charge in [0.15, 0.2) is 0 Å². The van der Waals surface area contributed by atoms with E-state index in [1.165, 1.54) is 31.4 Å². The van der Waals surface area contributed by atoms with Gasteiger partial charge < -0.3 is 10.2 Å². The fourth-order valence-electron chi connectivity index (χ4n) is 2.43. The molecule has 100 valence electrons. The number of piperidine rings is 1. The van der Waals surface area contributed by atoms with Crippen molar-refractivity contribution in [2.24, 2.45) is 0 Å². The Bertz CT molecular complexity index is 395. The van der Waals surface area contributed by atoms with Gasteiger partial charge in [-0.1, -0.05) is 12.5 Å². The molecule has 1 saturated heterocycles. The summed E-state index contributed by atoms with van der Waals surface area (Å²) >= 11 is 7.04. The zero-order chi connectivity index (χ0) is 13.0. The minimum atomic E-state index is 0.706. The molecular weight excluding hydrogens is 356 g/mol. The van der Waals surface area contributed by atoms with Crippen molar-refractivity contribution >= 4 is 31.9 Å². The van der Waals surface area contributed by atoms with Crippen molar-refractivity contribution in [2.45, 2.75) is 31.8 Å². The third kappa shape index (κ3) is 4.05. The molecule has 1 fully saturated rings. The van der Waals surface area contributed by atoms with Crippen LogP contribution in [0.5, 0.6) is 0 Å². The van der Waals surface area contributed by atoms with Crippen molar-refractivity contribution in [1.82, 2.24) is 10.2 Å². The van der Waals surface area contributed by atoms with Gasteiger partial charge >= 0.3 is 0 Å². The molecule has 1 aliphatic heterocycles. The van der Waals surface area contributed by atoms with Crippen LogP contribution in [0.1, 0.15) is 24.8 Å². The normalized spacial score (nSPS) is 21.2. The molecule has 1 aliphatic rings. The van der Waals surface area contributed by atoms with E-state index < -0.39 is 0 Å². The molecule has 0 spiro atoms. The van der Waals surface area contributed by atoms with E-state index in [2.05, 4.69) is 67.3 Å². The summed E-state index contributed by atoms with van der Waals surface area (Å²) in [5.41, 5.74) is 1.32. The van der Waals surface area contributed by atoms with Crippen LogP contribution in [-0.2, 0) is 6.54 Å². The first-order valence-corrected chi connectivity index (χ1v) is 8.10. The molecule has 0 bridgehead atoms. The lowest BCUT2D eigenvalue weighted by atomic mass is 10.0. The van der Waals surface area contributed by atoms with Gasteiger partial charge in [-0.05, 0) is 76.0 Å². The van der Waals surface area contributed by atoms with E-state index in [4.69, 9.17) is 0 Å². The van der Waals surface area contributed by atoms with Gasteiger partial charge in [0.25, 0.3) is 0 Å². The molecule has 1 atom stereocenters. The maximum atomic E-state index is 3.57. The molecule has 1 heterocycles. The van der Waals surface area contributed by atoms with Crippen LogP contribution in [0.25, 0.3) is 0 Å². The number of rotatable bonds is 4. The standard InChI is InChI=1S/C14H20Br2N2/c1-18-7-3-2-4-12(18)10-17-9-11-5-6-13(15)14(16)8-11/h5-6,8,12,17H,2-4,7,9-10H2,1H3. The largest absolute Gasteiger partial charge is 0.311 e. The van der Waals surface area contributed by atoms with E-state index >= 15 is 0 Å². The highest BCUT2D eigenvalue weighted by Gasteiger charge is 2.17. The number of benzene rings is 1. The minimum Gasteiger partial charge on any atom is -0.311 e. The zero-order valence-electron chi connectivity index (χ0n) is 10.8. The molecular formula is C14H20Br2N2. The van der Waals surface area contributed by atoms with E-state index in [1.54, 1.807) is 0 Å². The van der Waals surface area contributed by atoms with Crippen molar-refractivity contribution in [2.75, 3.05) is 20.1 Å². The smallest absolute Gasteiger partial charge is 0.0320 e. The van der Waals surface area contributed by atoms with Crippen LogP contribution in [0.4, 0.5) is 0 Å². The predicted molar refractivity (Wildman–Crippen MR) is 83.8 cm³/mol. The second kappa shape index (κ2) is 7.04. The van der Waals surface area contributed by atoms with E-state index in [-0.39, 0.29) is 0 Å². The zero-order valence-corrected chi connectivity index (χ0v) is 13.9. The van der Waals surface area contributed by atoms with E-state index in [0.29, 0.717) is 6.04 Å². The first-order chi connectivity index (χ1) is 8.66. The quantitative estimate of drug-likeness (QED) is 0.861. The fourth-order valence-corrected chi connectivity index (χ4v) is 3.11. The molecule has 1 aromatic carbocycles. The van der Waals surface area contributed by atoms with Crippen LogP contribution in [0.3, 0.4) is 0 Å². The summed E-state index contributed by atoms with van der Waals surface area (Å²) in [4.78, 5) is 2.48. The third-order valence-electron chi connectivity index (χ3n) is 3.61. The van der Waals surface area contributed by atoms with Gasteiger partial charge in [-0.25, -0.2) is 0 Å². The molecule has 18 heavy (non-hydrogen) atoms. The topological polar surface area (TPSA) is 15.3 Å². The van der Waals surface area contributed by atoms with Crippen molar-refractivity contribution in [3.8, 4) is 0 Å². The number of halogens is 2. The molecule has 0 aliphatic carbocycles. The van der Waals surface area contributed by atoms with Crippen LogP contribution >= 0.6 is 31.9 Å². The Hall–Kier alpha value is 0.1000. The summed E-state index contributed by atoms with van der Waals surface area (Å²) in [6.07, 6.45) is 4.06. The van der Waals surface area contributed by atoms with Gasteiger partial charge in [0.2, 0.25) is 0 Å². The monoisotopic (exact) mass is 374 g/mol. The molecule has 4 heteroatoms. The number of likely N-dealkylation sites (N-methyl/N-ethyl adjacent to an activating group) is 1. The lowest BCUT2D eigenvalue weighted by molar-refractivity contribution is 0.181. The average molecular weight is 376 g/mol. The molecule has 2 rings (SSSR count). The van der Waals surface area contributed by atoms with Gasteiger partial charge in [-0.3, -0.25) is 0 Å². The molecule has 0 aromatic heterocycles. The Balaban J connectivity index is 1.79. The van der Waals surface area contributed by atoms with E-state index in [9.17, 15) is 0 Å². The Labute approximate surface area is 126 Å². The SMILES string of the molecule is CN1CCCCC1CNCc1ccc(Br)c(Br)c1. The Morgan fingerprint density at radius 3 is 2.83 bits per heavy atom. The molecule has 0 amide bonds. The van der Waals surface area contributed by atoms with Gasteiger partial charge in [0, 0.05) is 28.1 Å². The Morgan fingerprint density at radius 2 is 2.11 bits per heavy atom. The number of nitrogens with zero attached hydrogens (tertiary/aromatic N) is 1. The summed E-state index contributed by atoms with van der Waals surface area (Å²) in [5.74, 6) is 0. The molecule has 1 N–H and O–H groups in total. The van der Waals surface area contributed by atoms with Gasteiger partial charge in [0.1, 0.15) is 0 Å². The van der Waals surface area contributed by atoms with Crippen molar-refractivity contribution in [1.29, 1.82) is 0 Å². The van der Waals surface area contributed by atoms with Crippen molar-refractivity contribution < 1.29 is 0 Å². The second-order valence-corrected chi connectivity index (χ2v) is 6.72. The summed E-state index contributed by atoms with van der Waals surface area (Å²) in [7, 11) is 2.24. The molecule has 1 aromatic rings. The predicted octanol–water partition coefficient (Wildman–Crippen LogP) is 3.79. The van der Waals surface area contributed by atoms with Gasteiger partial charge in [-0.2, -0.15) is 0 Å². The Morgan fingerprint density at radius 1 is 1.28 bits per heavy atom. The lowest BCUT2D eigenvalue weighted by Crippen LogP contribution is -2.42. The third-order valence-corrected chi connectivity index (χ3v) is 5.49. The van der Waals surface area contributed by atoms with Crippen LogP contribution < -0.4 is 5.32 Å². The summed E-state index contributed by atoms with van der Waals surface area (Å²) in [6.45, 7) is 3.27. The highest BCUT2D eigenvalue weighted by Crippen LogP contribution is 2.23. The molecule has 2 nitrogen and oxygen atoms in total. The number of hydrogen-bond donors (Lipinski definition) is 1. The first kappa shape index (κ1) is 14.5. The Kier molecular flexibility index (Phi) is 5.67. The number of likely N-dealkylation sites (tertiary alicyclic amines) is 1. The fraction of sp³-hybridized carbons (Fsp3) is 0.571. The first-order valence-electron chi connectivity index (χ1n) is 6.51. The van der Waals surface area contributed by atoms with Gasteiger partial charge in [0.05, 0.1) is 0 Å². The molecule has 0 radical (unpaired) electrons. The maximum absolute atomic E-state index is 3.57. The summed E-state index contributed by atoms with van der Waals surface area (Å²) in [5, 5.41) is 3.57. The summed E-state index contributed by atoms with van der Waals surface area (Å²) in [6, 6.07) is 7.12. The number of hydrogen-bond acceptors (Lipinski definition) is 2. The van der Waals surface area contributed by atoms with Crippen LogP contribution in [0.15, 0.2) is 27.1 Å². The van der Waals surface area contributed by atoms with E-state index in [1.807, 2.05) is 0 Å². The van der Waals surface area contributed by atoms with E-state index in [0.717, 1.165) is 22.0 Å². The average Bonchev–Trinajstić information content (AvgIpc) is 2.36. The highest BCUT2D eigenvalue weighted by atomic mass is 79.9. The number of nitrogens with one attached hydrogen (secondary N) is 1. The highest BCUT2D eigenvalue weighted by molar-refractivity contribution is 9.13.